The van der Waals surface area contributed by atoms with Crippen LogP contribution < -0.4 is 5.73 Å². The van der Waals surface area contributed by atoms with E-state index in [1.54, 1.807) is 0 Å². The first-order valence-corrected chi connectivity index (χ1v) is 6.39. The Kier molecular flexibility index (Phi) is 4.15. The van der Waals surface area contributed by atoms with Crippen LogP contribution in [0.4, 0.5) is 13.2 Å². The Bertz CT molecular complexity index is 493. The van der Waals surface area contributed by atoms with Crippen LogP contribution in [0.5, 0.6) is 0 Å². The fraction of sp³-hybridized carbons (Fsp3) is 0.500. The lowest BCUT2D eigenvalue weighted by Gasteiger charge is -2.34. The molecule has 0 bridgehead atoms. The van der Waals surface area contributed by atoms with Crippen molar-refractivity contribution in [2.45, 2.75) is 19.0 Å². The number of carbonyl (C=O) groups excluding carboxylic acids is 1. The summed E-state index contributed by atoms with van der Waals surface area (Å²) < 4.78 is 43.3. The zero-order chi connectivity index (χ0) is 14.8. The minimum absolute atomic E-state index is 0.0622. The number of rotatable bonds is 3. The summed E-state index contributed by atoms with van der Waals surface area (Å²) in [4.78, 5) is 12.5. The van der Waals surface area contributed by atoms with Crippen LogP contribution in [0, 0.1) is 5.41 Å². The number of carbonyl (C=O) groups is 1. The highest BCUT2D eigenvalue weighted by Gasteiger charge is 2.40. The number of ketones is 1. The van der Waals surface area contributed by atoms with Gasteiger partial charge >= 0.3 is 6.18 Å². The Labute approximate surface area is 114 Å². The molecule has 2 N–H and O–H groups in total. The molecule has 0 radical (unpaired) electrons. The molecule has 0 saturated carbocycles. The van der Waals surface area contributed by atoms with Crippen molar-refractivity contribution in [1.82, 2.24) is 0 Å². The Morgan fingerprint density at radius 3 is 2.50 bits per heavy atom. The maximum Gasteiger partial charge on any atom is 0.416 e. The van der Waals surface area contributed by atoms with Crippen LogP contribution in [-0.2, 0) is 10.9 Å². The van der Waals surface area contributed by atoms with Crippen molar-refractivity contribution in [3.05, 3.63) is 35.4 Å². The van der Waals surface area contributed by atoms with Gasteiger partial charge in [0.25, 0.3) is 0 Å². The van der Waals surface area contributed by atoms with Gasteiger partial charge < -0.3 is 10.5 Å². The van der Waals surface area contributed by atoms with Gasteiger partial charge in [-0.1, -0.05) is 12.1 Å². The standard InChI is InChI=1S/C14H16F3NO2/c15-14(16,17)11-3-1-2-10(8-11)12(19)13(9-18)4-6-20-7-5-13/h1-3,8H,4-7,9,18H2. The molecule has 6 heteroatoms. The van der Waals surface area contributed by atoms with Gasteiger partial charge in [-0.25, -0.2) is 0 Å². The highest BCUT2D eigenvalue weighted by atomic mass is 19.4. The van der Waals surface area contributed by atoms with Gasteiger partial charge in [0.1, 0.15) is 0 Å². The van der Waals surface area contributed by atoms with E-state index in [0.29, 0.717) is 26.1 Å². The first-order valence-electron chi connectivity index (χ1n) is 6.39. The third kappa shape index (κ3) is 2.86. The van der Waals surface area contributed by atoms with Crippen LogP contribution in [0.1, 0.15) is 28.8 Å². The highest BCUT2D eigenvalue weighted by molar-refractivity contribution is 6.01. The van der Waals surface area contributed by atoms with E-state index in [4.69, 9.17) is 10.5 Å². The smallest absolute Gasteiger partial charge is 0.381 e. The van der Waals surface area contributed by atoms with E-state index in [1.807, 2.05) is 0 Å². The topological polar surface area (TPSA) is 52.3 Å². The molecule has 0 amide bonds. The lowest BCUT2D eigenvalue weighted by molar-refractivity contribution is -0.137. The molecule has 1 saturated heterocycles. The number of halogens is 3. The second kappa shape index (κ2) is 5.54. The molecule has 1 heterocycles. The number of nitrogens with two attached hydrogens (primary N) is 1. The average molecular weight is 287 g/mol. The van der Waals surface area contributed by atoms with Crippen LogP contribution >= 0.6 is 0 Å². The maximum atomic E-state index is 12.7. The predicted octanol–water partition coefficient (Wildman–Crippen LogP) is 2.64. The highest BCUT2D eigenvalue weighted by Crippen LogP contribution is 2.35. The summed E-state index contributed by atoms with van der Waals surface area (Å²) in [6.45, 7) is 0.926. The van der Waals surface area contributed by atoms with E-state index in [2.05, 4.69) is 0 Å². The minimum atomic E-state index is -4.46. The normalized spacial score (nSPS) is 18.8. The lowest BCUT2D eigenvalue weighted by atomic mass is 9.74. The Balaban J connectivity index is 2.33. The maximum absolute atomic E-state index is 12.7. The van der Waals surface area contributed by atoms with Crippen molar-refractivity contribution in [2.24, 2.45) is 11.1 Å². The van der Waals surface area contributed by atoms with Crippen LogP contribution in [0.15, 0.2) is 24.3 Å². The molecule has 1 fully saturated rings. The number of alkyl halides is 3. The van der Waals surface area contributed by atoms with E-state index in [-0.39, 0.29) is 17.9 Å². The fourth-order valence-corrected chi connectivity index (χ4v) is 2.43. The molecule has 110 valence electrons. The van der Waals surface area contributed by atoms with E-state index in [1.165, 1.54) is 12.1 Å². The second-order valence-corrected chi connectivity index (χ2v) is 5.00. The Hall–Kier alpha value is -1.40. The summed E-state index contributed by atoms with van der Waals surface area (Å²) in [5.41, 5.74) is 4.14. The molecule has 1 aliphatic rings. The molecule has 2 rings (SSSR count). The lowest BCUT2D eigenvalue weighted by Crippen LogP contribution is -2.43. The Morgan fingerprint density at radius 2 is 1.95 bits per heavy atom. The summed E-state index contributed by atoms with van der Waals surface area (Å²) in [7, 11) is 0. The molecular weight excluding hydrogens is 271 g/mol. The van der Waals surface area contributed by atoms with Gasteiger partial charge in [-0.15, -0.1) is 0 Å². The van der Waals surface area contributed by atoms with Crippen molar-refractivity contribution in [2.75, 3.05) is 19.8 Å². The summed E-state index contributed by atoms with van der Waals surface area (Å²) in [5.74, 6) is -0.325. The molecule has 20 heavy (non-hydrogen) atoms. The van der Waals surface area contributed by atoms with Crippen molar-refractivity contribution in [1.29, 1.82) is 0 Å². The Morgan fingerprint density at radius 1 is 1.30 bits per heavy atom. The van der Waals surface area contributed by atoms with E-state index < -0.39 is 17.2 Å². The number of benzene rings is 1. The van der Waals surface area contributed by atoms with Gasteiger partial charge in [-0.05, 0) is 25.0 Å². The molecule has 1 aliphatic heterocycles. The van der Waals surface area contributed by atoms with Gasteiger partial charge in [0.2, 0.25) is 0 Å². The first kappa shape index (κ1) is 15.0. The fourth-order valence-electron chi connectivity index (χ4n) is 2.43. The number of hydrogen-bond acceptors (Lipinski definition) is 3. The predicted molar refractivity (Wildman–Crippen MR) is 67.3 cm³/mol. The number of Topliss-reactive ketones (excluding diaryl/α,β-unsaturated/α-hetero) is 1. The van der Waals surface area contributed by atoms with Crippen molar-refractivity contribution >= 4 is 5.78 Å². The van der Waals surface area contributed by atoms with Gasteiger partial charge in [0.15, 0.2) is 5.78 Å². The summed E-state index contributed by atoms with van der Waals surface area (Å²) in [5, 5.41) is 0. The summed E-state index contributed by atoms with van der Waals surface area (Å²) in [6.07, 6.45) is -3.57. The third-order valence-corrected chi connectivity index (χ3v) is 3.77. The average Bonchev–Trinajstić information content (AvgIpc) is 2.46. The zero-order valence-corrected chi connectivity index (χ0v) is 10.9. The summed E-state index contributed by atoms with van der Waals surface area (Å²) in [6, 6.07) is 4.51. The monoisotopic (exact) mass is 287 g/mol. The van der Waals surface area contributed by atoms with Gasteiger partial charge in [-0.3, -0.25) is 4.79 Å². The molecule has 1 aromatic carbocycles. The van der Waals surface area contributed by atoms with E-state index >= 15 is 0 Å². The quantitative estimate of drug-likeness (QED) is 0.870. The molecule has 0 aromatic heterocycles. The van der Waals surface area contributed by atoms with E-state index in [9.17, 15) is 18.0 Å². The molecule has 0 atom stereocenters. The zero-order valence-electron chi connectivity index (χ0n) is 10.9. The van der Waals surface area contributed by atoms with Crippen LogP contribution in [0.25, 0.3) is 0 Å². The minimum Gasteiger partial charge on any atom is -0.381 e. The van der Waals surface area contributed by atoms with Crippen LogP contribution in [-0.4, -0.2) is 25.5 Å². The largest absolute Gasteiger partial charge is 0.416 e. The van der Waals surface area contributed by atoms with Gasteiger partial charge in [0, 0.05) is 25.3 Å². The molecule has 0 unspecified atom stereocenters. The van der Waals surface area contributed by atoms with Crippen LogP contribution in [0.3, 0.4) is 0 Å². The second-order valence-electron chi connectivity index (χ2n) is 5.00. The molecule has 0 aliphatic carbocycles. The van der Waals surface area contributed by atoms with Gasteiger partial charge in [-0.2, -0.15) is 13.2 Å². The third-order valence-electron chi connectivity index (χ3n) is 3.77. The van der Waals surface area contributed by atoms with Crippen LogP contribution in [0.2, 0.25) is 0 Å². The van der Waals surface area contributed by atoms with Crippen molar-refractivity contribution in [3.8, 4) is 0 Å². The van der Waals surface area contributed by atoms with Crippen molar-refractivity contribution in [3.63, 3.8) is 0 Å². The number of hydrogen-bond donors (Lipinski definition) is 1. The first-order chi connectivity index (χ1) is 9.39. The van der Waals surface area contributed by atoms with Crippen molar-refractivity contribution < 1.29 is 22.7 Å². The molecule has 1 aromatic rings. The number of ether oxygens (including phenoxy) is 1. The van der Waals surface area contributed by atoms with E-state index in [0.717, 1.165) is 12.1 Å². The molecule has 0 spiro atoms. The summed E-state index contributed by atoms with van der Waals surface area (Å²) >= 11 is 0. The SMILES string of the molecule is NCC1(C(=O)c2cccc(C(F)(F)F)c2)CCOCC1. The molecule has 3 nitrogen and oxygen atoms in total. The van der Waals surface area contributed by atoms with Gasteiger partial charge in [0.05, 0.1) is 11.0 Å². The molecular formula is C14H16F3NO2.